The molecule has 1 aromatic rings. The van der Waals surface area contributed by atoms with Gasteiger partial charge in [-0.1, -0.05) is 20.8 Å². The average Bonchev–Trinajstić information content (AvgIpc) is 3.40. The van der Waals surface area contributed by atoms with Crippen molar-refractivity contribution in [3.05, 3.63) is 24.2 Å². The number of ether oxygens (including phenoxy) is 6. The molecule has 30 heavy (non-hydrogen) atoms. The molecule has 0 aromatic carbocycles. The fraction of sp³-hybridized carbons (Fsp3) is 0.810. The first-order valence-corrected chi connectivity index (χ1v) is 13.3. The fourth-order valence-electron chi connectivity index (χ4n) is 3.72. The minimum absolute atomic E-state index is 0.0384. The zero-order valence-electron chi connectivity index (χ0n) is 19.1. The third-order valence-corrected chi connectivity index (χ3v) is 10.7. The number of hydrogen-bond donors (Lipinski definition) is 0. The van der Waals surface area contributed by atoms with Gasteiger partial charge in [0.25, 0.3) is 0 Å². The van der Waals surface area contributed by atoms with Crippen molar-refractivity contribution in [2.45, 2.75) is 69.6 Å². The first-order valence-electron chi connectivity index (χ1n) is 10.4. The van der Waals surface area contributed by atoms with E-state index in [-0.39, 0.29) is 49.0 Å². The van der Waals surface area contributed by atoms with E-state index in [1.54, 1.807) is 20.5 Å². The molecule has 0 amide bonds. The highest BCUT2D eigenvalue weighted by atomic mass is 28.4. The number of hydrogen-bond acceptors (Lipinski definition) is 8. The van der Waals surface area contributed by atoms with Crippen LogP contribution in [0, 0.1) is 5.92 Å². The summed E-state index contributed by atoms with van der Waals surface area (Å²) in [6.07, 6.45) is 0.00461. The normalized spacial score (nSPS) is 30.2. The second kappa shape index (κ2) is 9.79. The topological polar surface area (TPSA) is 77.8 Å². The van der Waals surface area contributed by atoms with Gasteiger partial charge in [0.05, 0.1) is 24.9 Å². The summed E-state index contributed by atoms with van der Waals surface area (Å²) in [7, 11) is 1.06. The van der Waals surface area contributed by atoms with Gasteiger partial charge in [-0.25, -0.2) is 0 Å². The standard InChI is InChI=1S/C21H36O8Si/c1-21(2,3)30(6,7)29-18(14-9-8-10-25-14)16-17-15(11-24-12-22-4)27-20(28-17)19(16)26-13-23-5/h8-10,15-20H,11-13H2,1-7H3/t15-,16-,17+,18-,19-,20+/m1/s1. The van der Waals surface area contributed by atoms with Crippen LogP contribution in [0.25, 0.3) is 0 Å². The Kier molecular flexibility index (Phi) is 7.79. The molecule has 2 fully saturated rings. The van der Waals surface area contributed by atoms with Crippen molar-refractivity contribution in [2.75, 3.05) is 34.4 Å². The predicted molar refractivity (Wildman–Crippen MR) is 111 cm³/mol. The van der Waals surface area contributed by atoms with Gasteiger partial charge >= 0.3 is 0 Å². The second-order valence-corrected chi connectivity index (χ2v) is 14.1. The Labute approximate surface area is 180 Å². The zero-order valence-corrected chi connectivity index (χ0v) is 20.1. The van der Waals surface area contributed by atoms with Crippen LogP contribution in [0.5, 0.6) is 0 Å². The molecule has 2 aliphatic heterocycles. The van der Waals surface area contributed by atoms with Crippen molar-refractivity contribution in [1.82, 2.24) is 0 Å². The molecule has 9 heteroatoms. The molecule has 3 rings (SSSR count). The lowest BCUT2D eigenvalue weighted by Gasteiger charge is -2.43. The summed E-state index contributed by atoms with van der Waals surface area (Å²) in [4.78, 5) is 0. The van der Waals surface area contributed by atoms with Crippen LogP contribution in [-0.2, 0) is 32.8 Å². The molecule has 2 bridgehead atoms. The molecule has 3 heterocycles. The van der Waals surface area contributed by atoms with Crippen molar-refractivity contribution in [1.29, 1.82) is 0 Å². The zero-order chi connectivity index (χ0) is 21.9. The predicted octanol–water partition coefficient (Wildman–Crippen LogP) is 3.69. The van der Waals surface area contributed by atoms with Gasteiger partial charge in [0.15, 0.2) is 14.6 Å². The molecule has 6 atom stereocenters. The Bertz CT molecular complexity index is 644. The van der Waals surface area contributed by atoms with E-state index in [2.05, 4.69) is 33.9 Å². The Hall–Kier alpha value is -0.783. The maximum absolute atomic E-state index is 6.89. The van der Waals surface area contributed by atoms with Gasteiger partial charge in [-0.2, -0.15) is 0 Å². The summed E-state index contributed by atoms with van der Waals surface area (Å²) in [6, 6.07) is 3.83. The molecule has 0 aliphatic carbocycles. The van der Waals surface area contributed by atoms with Crippen LogP contribution in [-0.4, -0.2) is 67.3 Å². The van der Waals surface area contributed by atoms with Crippen LogP contribution in [0.2, 0.25) is 18.1 Å². The van der Waals surface area contributed by atoms with E-state index >= 15 is 0 Å². The van der Waals surface area contributed by atoms with Gasteiger partial charge in [-0.3, -0.25) is 0 Å². The maximum atomic E-state index is 6.89. The molecular formula is C21H36O8Si. The Balaban J connectivity index is 1.89. The number of methoxy groups -OCH3 is 2. The third-order valence-electron chi connectivity index (χ3n) is 6.26. The highest BCUT2D eigenvalue weighted by Crippen LogP contribution is 2.50. The van der Waals surface area contributed by atoms with Crippen molar-refractivity contribution < 1.29 is 37.3 Å². The van der Waals surface area contributed by atoms with Crippen molar-refractivity contribution in [3.8, 4) is 0 Å². The van der Waals surface area contributed by atoms with Gasteiger partial charge in [-0.05, 0) is 30.3 Å². The molecular weight excluding hydrogens is 408 g/mol. The van der Waals surface area contributed by atoms with E-state index in [0.717, 1.165) is 5.76 Å². The monoisotopic (exact) mass is 444 g/mol. The lowest BCUT2D eigenvalue weighted by molar-refractivity contribution is -0.196. The summed E-state index contributed by atoms with van der Waals surface area (Å²) in [5.41, 5.74) is 0. The molecule has 8 nitrogen and oxygen atoms in total. The van der Waals surface area contributed by atoms with Crippen LogP contribution in [0.4, 0.5) is 0 Å². The molecule has 2 aliphatic rings. The van der Waals surface area contributed by atoms with Crippen LogP contribution in [0.15, 0.2) is 22.8 Å². The van der Waals surface area contributed by atoms with E-state index in [0.29, 0.717) is 6.61 Å². The fourth-order valence-corrected chi connectivity index (χ4v) is 4.98. The van der Waals surface area contributed by atoms with Gasteiger partial charge in [0, 0.05) is 14.2 Å². The van der Waals surface area contributed by atoms with Crippen molar-refractivity contribution >= 4 is 8.32 Å². The number of fused-ring (bicyclic) bond motifs is 2. The van der Waals surface area contributed by atoms with E-state index in [4.69, 9.17) is 37.3 Å². The Morgan fingerprint density at radius 3 is 2.43 bits per heavy atom. The minimum atomic E-state index is -2.13. The molecule has 0 radical (unpaired) electrons. The minimum Gasteiger partial charge on any atom is -0.467 e. The average molecular weight is 445 g/mol. The summed E-state index contributed by atoms with van der Waals surface area (Å²) in [5.74, 6) is 0.638. The summed E-state index contributed by atoms with van der Waals surface area (Å²) in [6.45, 7) is 11.8. The molecule has 0 spiro atoms. The molecule has 1 aromatic heterocycles. The van der Waals surface area contributed by atoms with Gasteiger partial charge in [-0.15, -0.1) is 0 Å². The van der Waals surface area contributed by atoms with E-state index in [1.807, 2.05) is 12.1 Å². The van der Waals surface area contributed by atoms with E-state index < -0.39 is 14.6 Å². The largest absolute Gasteiger partial charge is 0.467 e. The third kappa shape index (κ3) is 4.99. The van der Waals surface area contributed by atoms with Crippen molar-refractivity contribution in [3.63, 3.8) is 0 Å². The maximum Gasteiger partial charge on any atom is 0.193 e. The molecule has 0 saturated carbocycles. The van der Waals surface area contributed by atoms with Gasteiger partial charge in [0.1, 0.15) is 37.7 Å². The van der Waals surface area contributed by atoms with Gasteiger partial charge < -0.3 is 37.3 Å². The van der Waals surface area contributed by atoms with Gasteiger partial charge in [0.2, 0.25) is 0 Å². The van der Waals surface area contributed by atoms with E-state index in [1.165, 1.54) is 0 Å². The smallest absolute Gasteiger partial charge is 0.193 e. The summed E-state index contributed by atoms with van der Waals surface area (Å²) in [5, 5.41) is 0.0384. The molecule has 2 saturated heterocycles. The Morgan fingerprint density at radius 1 is 1.10 bits per heavy atom. The number of furan rings is 1. The summed E-state index contributed by atoms with van der Waals surface area (Å²) < 4.78 is 46.7. The highest BCUT2D eigenvalue weighted by Gasteiger charge is 2.60. The highest BCUT2D eigenvalue weighted by molar-refractivity contribution is 6.74. The molecule has 0 unspecified atom stereocenters. The van der Waals surface area contributed by atoms with Crippen LogP contribution < -0.4 is 0 Å². The van der Waals surface area contributed by atoms with Crippen molar-refractivity contribution in [2.24, 2.45) is 5.92 Å². The lowest BCUT2D eigenvalue weighted by Crippen LogP contribution is -2.51. The number of rotatable bonds is 11. The van der Waals surface area contributed by atoms with Crippen LogP contribution >= 0.6 is 0 Å². The Morgan fingerprint density at radius 2 is 1.83 bits per heavy atom. The lowest BCUT2D eigenvalue weighted by atomic mass is 9.86. The SMILES string of the molecule is COCOC[C@H]1O[C@H]2O[C@@H]1[C@H]([C@H](O[Si](C)(C)C(C)(C)C)c1ccco1)[C@H]2OCOC. The van der Waals surface area contributed by atoms with E-state index in [9.17, 15) is 0 Å². The first-order chi connectivity index (χ1) is 14.2. The van der Waals surface area contributed by atoms with Crippen LogP contribution in [0.3, 0.4) is 0 Å². The van der Waals surface area contributed by atoms with Crippen LogP contribution in [0.1, 0.15) is 32.6 Å². The molecule has 172 valence electrons. The molecule has 0 N–H and O–H groups in total. The summed E-state index contributed by atoms with van der Waals surface area (Å²) >= 11 is 0. The second-order valence-electron chi connectivity index (χ2n) is 9.35. The quantitative estimate of drug-likeness (QED) is 0.291. The first kappa shape index (κ1) is 23.9.